The molecular formula is C16H30N2O2. The summed E-state index contributed by atoms with van der Waals surface area (Å²) in [5.41, 5.74) is 0. The van der Waals surface area contributed by atoms with Gasteiger partial charge in [0.05, 0.1) is 6.10 Å². The standard InChI is InChI=1S/C16H30N2O2/c1-17(11-9-14-6-3-2-4-7-14)12-15(19)13-18-10-5-8-16(18)20/h14-15,19H,2-13H2,1H3. The molecule has 1 amide bonds. The molecule has 2 rings (SSSR count). The van der Waals surface area contributed by atoms with Gasteiger partial charge in [0.25, 0.3) is 0 Å². The van der Waals surface area contributed by atoms with Crippen LogP contribution in [0.3, 0.4) is 0 Å². The largest absolute Gasteiger partial charge is 0.390 e. The molecule has 2 fully saturated rings. The first-order valence-electron chi connectivity index (χ1n) is 8.29. The van der Waals surface area contributed by atoms with Crippen LogP contribution in [0.15, 0.2) is 0 Å². The SMILES string of the molecule is CN(CCC1CCCCC1)CC(O)CN1CCCC1=O. The number of carbonyl (C=O) groups excluding carboxylic acids is 1. The van der Waals surface area contributed by atoms with Gasteiger partial charge in [0.2, 0.25) is 5.91 Å². The molecule has 0 aromatic heterocycles. The average Bonchev–Trinajstić information content (AvgIpc) is 2.83. The summed E-state index contributed by atoms with van der Waals surface area (Å²) in [7, 11) is 2.08. The quantitative estimate of drug-likeness (QED) is 0.775. The summed E-state index contributed by atoms with van der Waals surface area (Å²) in [6.07, 6.45) is 9.43. The number of hydrogen-bond donors (Lipinski definition) is 1. The highest BCUT2D eigenvalue weighted by Gasteiger charge is 2.23. The van der Waals surface area contributed by atoms with Crippen molar-refractivity contribution in [3.8, 4) is 0 Å². The third-order valence-electron chi connectivity index (χ3n) is 4.77. The molecule has 0 spiro atoms. The maximum Gasteiger partial charge on any atom is 0.222 e. The van der Waals surface area contributed by atoms with Crippen molar-refractivity contribution in [2.45, 2.75) is 57.5 Å². The predicted octanol–water partition coefficient (Wildman–Crippen LogP) is 1.87. The van der Waals surface area contributed by atoms with Crippen molar-refractivity contribution in [1.29, 1.82) is 0 Å². The van der Waals surface area contributed by atoms with Gasteiger partial charge in [-0.3, -0.25) is 4.79 Å². The normalized spacial score (nSPS) is 22.8. The summed E-state index contributed by atoms with van der Waals surface area (Å²) in [6, 6.07) is 0. The molecule has 1 saturated heterocycles. The first-order chi connectivity index (χ1) is 9.65. The molecule has 0 aromatic rings. The van der Waals surface area contributed by atoms with Crippen LogP contribution in [0.5, 0.6) is 0 Å². The molecule has 4 heteroatoms. The molecule has 1 aliphatic heterocycles. The van der Waals surface area contributed by atoms with Crippen LogP contribution < -0.4 is 0 Å². The summed E-state index contributed by atoms with van der Waals surface area (Å²) in [6.45, 7) is 3.07. The van der Waals surface area contributed by atoms with E-state index in [9.17, 15) is 9.90 Å². The minimum Gasteiger partial charge on any atom is -0.390 e. The summed E-state index contributed by atoms with van der Waals surface area (Å²) in [5.74, 6) is 1.09. The minimum atomic E-state index is -0.409. The number of nitrogens with zero attached hydrogens (tertiary/aromatic N) is 2. The van der Waals surface area contributed by atoms with Crippen LogP contribution in [0.2, 0.25) is 0 Å². The molecule has 1 N–H and O–H groups in total. The van der Waals surface area contributed by atoms with Crippen molar-refractivity contribution in [3.63, 3.8) is 0 Å². The van der Waals surface area contributed by atoms with Gasteiger partial charge in [-0.2, -0.15) is 0 Å². The number of amides is 1. The van der Waals surface area contributed by atoms with Crippen molar-refractivity contribution >= 4 is 5.91 Å². The van der Waals surface area contributed by atoms with Crippen molar-refractivity contribution in [1.82, 2.24) is 9.80 Å². The third-order valence-corrected chi connectivity index (χ3v) is 4.77. The van der Waals surface area contributed by atoms with E-state index in [0.717, 1.165) is 25.4 Å². The maximum atomic E-state index is 11.5. The van der Waals surface area contributed by atoms with Gasteiger partial charge in [0.15, 0.2) is 0 Å². The smallest absolute Gasteiger partial charge is 0.222 e. The third kappa shape index (κ3) is 5.06. The van der Waals surface area contributed by atoms with E-state index in [1.54, 1.807) is 4.90 Å². The van der Waals surface area contributed by atoms with E-state index < -0.39 is 6.10 Å². The number of likely N-dealkylation sites (N-methyl/N-ethyl adjacent to an activating group) is 1. The Hall–Kier alpha value is -0.610. The molecule has 4 nitrogen and oxygen atoms in total. The predicted molar refractivity (Wildman–Crippen MR) is 80.5 cm³/mol. The molecule has 116 valence electrons. The lowest BCUT2D eigenvalue weighted by molar-refractivity contribution is -0.129. The van der Waals surface area contributed by atoms with Crippen LogP contribution in [0.25, 0.3) is 0 Å². The zero-order valence-electron chi connectivity index (χ0n) is 12.9. The van der Waals surface area contributed by atoms with Crippen molar-refractivity contribution < 1.29 is 9.90 Å². The van der Waals surface area contributed by atoms with Crippen molar-refractivity contribution in [3.05, 3.63) is 0 Å². The summed E-state index contributed by atoms with van der Waals surface area (Å²) in [4.78, 5) is 15.6. The number of hydrogen-bond acceptors (Lipinski definition) is 3. The first kappa shape index (κ1) is 15.8. The fraction of sp³-hybridized carbons (Fsp3) is 0.938. The number of aliphatic hydroxyl groups is 1. The van der Waals surface area contributed by atoms with Gasteiger partial charge in [0.1, 0.15) is 0 Å². The fourth-order valence-corrected chi connectivity index (χ4v) is 3.54. The van der Waals surface area contributed by atoms with Gasteiger partial charge in [0, 0.05) is 26.1 Å². The molecule has 0 bridgehead atoms. The van der Waals surface area contributed by atoms with Gasteiger partial charge in [-0.15, -0.1) is 0 Å². The van der Waals surface area contributed by atoms with E-state index in [2.05, 4.69) is 11.9 Å². The Morgan fingerprint density at radius 2 is 2.05 bits per heavy atom. The average molecular weight is 282 g/mol. The summed E-state index contributed by atoms with van der Waals surface area (Å²) in [5, 5.41) is 10.1. The van der Waals surface area contributed by atoms with Gasteiger partial charge in [-0.1, -0.05) is 32.1 Å². The monoisotopic (exact) mass is 282 g/mol. The number of aliphatic hydroxyl groups excluding tert-OH is 1. The maximum absolute atomic E-state index is 11.5. The summed E-state index contributed by atoms with van der Waals surface area (Å²) >= 11 is 0. The number of likely N-dealkylation sites (tertiary alicyclic amines) is 1. The molecular weight excluding hydrogens is 252 g/mol. The second kappa shape index (κ2) is 7.99. The second-order valence-corrected chi connectivity index (χ2v) is 6.65. The summed E-state index contributed by atoms with van der Waals surface area (Å²) < 4.78 is 0. The van der Waals surface area contributed by atoms with E-state index in [1.165, 1.54) is 38.5 Å². The molecule has 0 aromatic carbocycles. The lowest BCUT2D eigenvalue weighted by atomic mass is 9.87. The van der Waals surface area contributed by atoms with Crippen LogP contribution in [0.4, 0.5) is 0 Å². The molecule has 2 aliphatic rings. The Morgan fingerprint density at radius 1 is 1.30 bits per heavy atom. The first-order valence-corrected chi connectivity index (χ1v) is 8.29. The zero-order valence-corrected chi connectivity index (χ0v) is 12.9. The molecule has 1 saturated carbocycles. The number of rotatable bonds is 7. The number of carbonyl (C=O) groups is 1. The van der Waals surface area contributed by atoms with Crippen LogP contribution in [0, 0.1) is 5.92 Å². The van der Waals surface area contributed by atoms with Gasteiger partial charge >= 0.3 is 0 Å². The van der Waals surface area contributed by atoms with Crippen LogP contribution in [-0.2, 0) is 4.79 Å². The second-order valence-electron chi connectivity index (χ2n) is 6.65. The van der Waals surface area contributed by atoms with E-state index in [1.807, 2.05) is 0 Å². The molecule has 20 heavy (non-hydrogen) atoms. The van der Waals surface area contributed by atoms with E-state index in [4.69, 9.17) is 0 Å². The van der Waals surface area contributed by atoms with Crippen molar-refractivity contribution in [2.24, 2.45) is 5.92 Å². The van der Waals surface area contributed by atoms with Crippen LogP contribution in [-0.4, -0.2) is 60.1 Å². The van der Waals surface area contributed by atoms with E-state index in [0.29, 0.717) is 19.5 Å². The van der Waals surface area contributed by atoms with Gasteiger partial charge in [-0.05, 0) is 32.4 Å². The highest BCUT2D eigenvalue weighted by atomic mass is 16.3. The Balaban J connectivity index is 1.60. The van der Waals surface area contributed by atoms with Crippen molar-refractivity contribution in [2.75, 3.05) is 33.2 Å². The number of β-amino-alcohol motifs (C(OH)–C–C–N with tert-alkyl or cyclic N) is 1. The molecule has 1 atom stereocenters. The highest BCUT2D eigenvalue weighted by Crippen LogP contribution is 2.26. The van der Waals surface area contributed by atoms with Gasteiger partial charge < -0.3 is 14.9 Å². The molecule has 1 heterocycles. The minimum absolute atomic E-state index is 0.203. The Morgan fingerprint density at radius 3 is 2.70 bits per heavy atom. The zero-order chi connectivity index (χ0) is 14.4. The lowest BCUT2D eigenvalue weighted by Gasteiger charge is -2.27. The van der Waals surface area contributed by atoms with E-state index in [-0.39, 0.29) is 5.91 Å². The lowest BCUT2D eigenvalue weighted by Crippen LogP contribution is -2.40. The van der Waals surface area contributed by atoms with Gasteiger partial charge in [-0.25, -0.2) is 0 Å². The van der Waals surface area contributed by atoms with Crippen LogP contribution >= 0.6 is 0 Å². The topological polar surface area (TPSA) is 43.8 Å². The van der Waals surface area contributed by atoms with E-state index >= 15 is 0 Å². The van der Waals surface area contributed by atoms with Crippen LogP contribution in [0.1, 0.15) is 51.4 Å². The Bertz CT molecular complexity index is 303. The molecule has 0 radical (unpaired) electrons. The Labute approximate surface area is 123 Å². The molecule has 1 unspecified atom stereocenters. The molecule has 1 aliphatic carbocycles. The fourth-order valence-electron chi connectivity index (χ4n) is 3.54. The Kier molecular flexibility index (Phi) is 6.30. The highest BCUT2D eigenvalue weighted by molar-refractivity contribution is 5.78.